The van der Waals surface area contributed by atoms with Gasteiger partial charge in [-0.1, -0.05) is 29.8 Å². The molecule has 0 atom stereocenters. The van der Waals surface area contributed by atoms with Gasteiger partial charge in [0.05, 0.1) is 5.69 Å². The Morgan fingerprint density at radius 2 is 1.82 bits per heavy atom. The molecular weight excluding hydrogens is 304 g/mol. The summed E-state index contributed by atoms with van der Waals surface area (Å²) in [6.45, 7) is 6.46. The van der Waals surface area contributed by atoms with Gasteiger partial charge < -0.3 is 0 Å². The van der Waals surface area contributed by atoms with E-state index in [-0.39, 0.29) is 0 Å². The first kappa shape index (κ1) is 14.5. The molecule has 4 nitrogen and oxygen atoms in total. The molecule has 0 unspecified atom stereocenters. The van der Waals surface area contributed by atoms with Crippen LogP contribution >= 0.6 is 15.9 Å². The molecule has 0 spiro atoms. The molecule has 1 aromatic carbocycles. The quantitative estimate of drug-likeness (QED) is 0.906. The fraction of sp³-hybridized carbons (Fsp3) is 0.455. The van der Waals surface area contributed by atoms with E-state index in [4.69, 9.17) is 0 Å². The van der Waals surface area contributed by atoms with E-state index in [0.29, 0.717) is 18.8 Å². The van der Waals surface area contributed by atoms with Crippen LogP contribution in [0.3, 0.4) is 0 Å². The second-order valence-corrected chi connectivity index (χ2v) is 6.29. The van der Waals surface area contributed by atoms with Gasteiger partial charge in [-0.25, -0.2) is 0 Å². The van der Waals surface area contributed by atoms with Crippen molar-refractivity contribution in [2.24, 2.45) is 0 Å². The second-order valence-electron chi connectivity index (χ2n) is 3.71. The van der Waals surface area contributed by atoms with Gasteiger partial charge in [0.2, 0.25) is 0 Å². The SMILES string of the molecule is CCN(CC)S(=O)(=O)Nc1cc(C)cc(Br)c1. The number of aryl methyl sites for hydroxylation is 1. The summed E-state index contributed by atoms with van der Waals surface area (Å²) < 4.78 is 28.8. The zero-order valence-corrected chi connectivity index (χ0v) is 12.6. The van der Waals surface area contributed by atoms with Crippen molar-refractivity contribution in [3.8, 4) is 0 Å². The third-order valence-electron chi connectivity index (χ3n) is 2.33. The maximum Gasteiger partial charge on any atom is 0.301 e. The molecule has 1 rings (SSSR count). The van der Waals surface area contributed by atoms with Crippen LogP contribution in [0.25, 0.3) is 0 Å². The van der Waals surface area contributed by atoms with Crippen LogP contribution in [0, 0.1) is 6.92 Å². The minimum Gasteiger partial charge on any atom is -0.271 e. The molecule has 0 saturated carbocycles. The highest BCUT2D eigenvalue weighted by Gasteiger charge is 2.18. The molecule has 17 heavy (non-hydrogen) atoms. The van der Waals surface area contributed by atoms with Gasteiger partial charge in [0.25, 0.3) is 0 Å². The largest absolute Gasteiger partial charge is 0.301 e. The summed E-state index contributed by atoms with van der Waals surface area (Å²) in [6, 6.07) is 5.47. The summed E-state index contributed by atoms with van der Waals surface area (Å²) >= 11 is 3.34. The van der Waals surface area contributed by atoms with Gasteiger partial charge >= 0.3 is 10.2 Å². The summed E-state index contributed by atoms with van der Waals surface area (Å²) in [7, 11) is -3.45. The van der Waals surface area contributed by atoms with Gasteiger partial charge in [0.1, 0.15) is 0 Å². The molecule has 0 aliphatic carbocycles. The van der Waals surface area contributed by atoms with Crippen LogP contribution in [0.1, 0.15) is 19.4 Å². The second kappa shape index (κ2) is 5.84. The van der Waals surface area contributed by atoms with E-state index < -0.39 is 10.2 Å². The predicted molar refractivity (Wildman–Crippen MR) is 74.3 cm³/mol. The van der Waals surface area contributed by atoms with Crippen molar-refractivity contribution in [2.45, 2.75) is 20.8 Å². The molecule has 0 aliphatic rings. The predicted octanol–water partition coefficient (Wildman–Crippen LogP) is 2.76. The summed E-state index contributed by atoms with van der Waals surface area (Å²) in [5, 5.41) is 0. The van der Waals surface area contributed by atoms with Crippen LogP contribution in [0.2, 0.25) is 0 Å². The van der Waals surface area contributed by atoms with E-state index in [1.54, 1.807) is 12.1 Å². The van der Waals surface area contributed by atoms with Crippen molar-refractivity contribution >= 4 is 31.8 Å². The first-order valence-electron chi connectivity index (χ1n) is 5.44. The van der Waals surface area contributed by atoms with Crippen molar-refractivity contribution in [1.82, 2.24) is 4.31 Å². The smallest absolute Gasteiger partial charge is 0.271 e. The monoisotopic (exact) mass is 320 g/mol. The van der Waals surface area contributed by atoms with Gasteiger partial charge in [-0.05, 0) is 30.7 Å². The van der Waals surface area contributed by atoms with E-state index in [2.05, 4.69) is 20.7 Å². The molecule has 0 aliphatic heterocycles. The van der Waals surface area contributed by atoms with Crippen molar-refractivity contribution < 1.29 is 8.42 Å². The summed E-state index contributed by atoms with van der Waals surface area (Å²) in [5.41, 5.74) is 1.57. The van der Waals surface area contributed by atoms with E-state index in [1.165, 1.54) is 4.31 Å². The molecule has 1 aromatic rings. The van der Waals surface area contributed by atoms with Gasteiger partial charge in [0, 0.05) is 17.6 Å². The average Bonchev–Trinajstić information content (AvgIpc) is 2.15. The fourth-order valence-corrected chi connectivity index (χ4v) is 3.40. The normalized spacial score (nSPS) is 11.8. The van der Waals surface area contributed by atoms with Gasteiger partial charge in [-0.2, -0.15) is 12.7 Å². The molecular formula is C11H17BrN2O2S. The molecule has 0 aromatic heterocycles. The Hall–Kier alpha value is -0.590. The molecule has 0 amide bonds. The van der Waals surface area contributed by atoms with E-state index >= 15 is 0 Å². The van der Waals surface area contributed by atoms with E-state index in [9.17, 15) is 8.42 Å². The lowest BCUT2D eigenvalue weighted by Crippen LogP contribution is -2.35. The van der Waals surface area contributed by atoms with Gasteiger partial charge in [-0.15, -0.1) is 0 Å². The zero-order chi connectivity index (χ0) is 13.1. The highest BCUT2D eigenvalue weighted by atomic mass is 79.9. The number of hydrogen-bond acceptors (Lipinski definition) is 2. The zero-order valence-electron chi connectivity index (χ0n) is 10.2. The van der Waals surface area contributed by atoms with Crippen LogP contribution < -0.4 is 4.72 Å². The summed E-state index contributed by atoms with van der Waals surface area (Å²) in [6.07, 6.45) is 0. The lowest BCUT2D eigenvalue weighted by atomic mass is 10.2. The summed E-state index contributed by atoms with van der Waals surface area (Å²) in [5.74, 6) is 0. The van der Waals surface area contributed by atoms with Crippen molar-refractivity contribution in [3.63, 3.8) is 0 Å². The Balaban J connectivity index is 2.97. The number of halogens is 1. The van der Waals surface area contributed by atoms with Crippen LogP contribution in [-0.2, 0) is 10.2 Å². The number of benzene rings is 1. The molecule has 0 fully saturated rings. The van der Waals surface area contributed by atoms with E-state index in [1.807, 2.05) is 26.8 Å². The number of nitrogens with zero attached hydrogens (tertiary/aromatic N) is 1. The molecule has 96 valence electrons. The maximum atomic E-state index is 12.0. The van der Waals surface area contributed by atoms with E-state index in [0.717, 1.165) is 10.0 Å². The lowest BCUT2D eigenvalue weighted by molar-refractivity contribution is 0.449. The minimum atomic E-state index is -3.45. The highest BCUT2D eigenvalue weighted by Crippen LogP contribution is 2.20. The van der Waals surface area contributed by atoms with Crippen molar-refractivity contribution in [2.75, 3.05) is 17.8 Å². The average molecular weight is 321 g/mol. The Bertz CT molecular complexity index is 464. The number of hydrogen-bond donors (Lipinski definition) is 1. The number of nitrogens with one attached hydrogen (secondary N) is 1. The first-order chi connectivity index (χ1) is 7.89. The third-order valence-corrected chi connectivity index (χ3v) is 4.48. The Morgan fingerprint density at radius 3 is 2.29 bits per heavy atom. The minimum absolute atomic E-state index is 0.457. The van der Waals surface area contributed by atoms with Gasteiger partial charge in [0.15, 0.2) is 0 Å². The van der Waals surface area contributed by atoms with Crippen LogP contribution in [0.15, 0.2) is 22.7 Å². The summed E-state index contributed by atoms with van der Waals surface area (Å²) in [4.78, 5) is 0. The molecule has 0 heterocycles. The highest BCUT2D eigenvalue weighted by molar-refractivity contribution is 9.10. The Morgan fingerprint density at radius 1 is 1.24 bits per heavy atom. The topological polar surface area (TPSA) is 49.4 Å². The fourth-order valence-electron chi connectivity index (χ4n) is 1.57. The van der Waals surface area contributed by atoms with Gasteiger partial charge in [-0.3, -0.25) is 4.72 Å². The molecule has 6 heteroatoms. The van der Waals surface area contributed by atoms with Crippen molar-refractivity contribution in [1.29, 1.82) is 0 Å². The Kier molecular flexibility index (Phi) is 4.97. The van der Waals surface area contributed by atoms with Crippen molar-refractivity contribution in [3.05, 3.63) is 28.2 Å². The van der Waals surface area contributed by atoms with Crippen LogP contribution in [0.5, 0.6) is 0 Å². The van der Waals surface area contributed by atoms with Crippen LogP contribution in [-0.4, -0.2) is 25.8 Å². The molecule has 0 radical (unpaired) electrons. The Labute approximate surface area is 111 Å². The standard InChI is InChI=1S/C11H17BrN2O2S/c1-4-14(5-2)17(15,16)13-11-7-9(3)6-10(12)8-11/h6-8,13H,4-5H2,1-3H3. The first-order valence-corrected chi connectivity index (χ1v) is 7.67. The lowest BCUT2D eigenvalue weighted by Gasteiger charge is -2.19. The number of anilines is 1. The molecule has 1 N–H and O–H groups in total. The maximum absolute atomic E-state index is 12.0. The molecule has 0 saturated heterocycles. The third kappa shape index (κ3) is 3.97. The number of rotatable bonds is 5. The molecule has 0 bridgehead atoms. The van der Waals surface area contributed by atoms with Crippen LogP contribution in [0.4, 0.5) is 5.69 Å².